The summed E-state index contributed by atoms with van der Waals surface area (Å²) in [5, 5.41) is 7.53. The second kappa shape index (κ2) is 10.4. The van der Waals surface area contributed by atoms with E-state index in [9.17, 15) is 4.79 Å². The van der Waals surface area contributed by atoms with Crippen molar-refractivity contribution in [2.24, 2.45) is 0 Å². The molecule has 4 rings (SSSR count). The molecule has 2 aromatic carbocycles. The predicted octanol–water partition coefficient (Wildman–Crippen LogP) is 4.81. The van der Waals surface area contributed by atoms with Crippen LogP contribution in [0.15, 0.2) is 60.1 Å². The van der Waals surface area contributed by atoms with Crippen LogP contribution in [0.25, 0.3) is 0 Å². The molecule has 1 unspecified atom stereocenters. The minimum absolute atomic E-state index is 0.350. The van der Waals surface area contributed by atoms with Gasteiger partial charge in [0, 0.05) is 5.70 Å². The van der Waals surface area contributed by atoms with E-state index in [1.807, 2.05) is 57.2 Å². The summed E-state index contributed by atoms with van der Waals surface area (Å²) in [6.45, 7) is 9.05. The Morgan fingerprint density at radius 3 is 2.68 bits per heavy atom. The normalized spacial score (nSPS) is 14.9. The molecule has 178 valence electrons. The van der Waals surface area contributed by atoms with Gasteiger partial charge in [0.05, 0.1) is 18.8 Å². The monoisotopic (exact) mass is 462 g/mol. The number of nitrogens with one attached hydrogen (secondary N) is 1. The lowest BCUT2D eigenvalue weighted by atomic mass is 9.95. The van der Waals surface area contributed by atoms with E-state index in [-0.39, 0.29) is 5.97 Å². The van der Waals surface area contributed by atoms with Gasteiger partial charge in [-0.2, -0.15) is 10.1 Å². The zero-order chi connectivity index (χ0) is 24.1. The number of hydrogen-bond donors (Lipinski definition) is 1. The van der Waals surface area contributed by atoms with E-state index >= 15 is 0 Å². The van der Waals surface area contributed by atoms with E-state index < -0.39 is 6.04 Å². The summed E-state index contributed by atoms with van der Waals surface area (Å²) in [5.41, 5.74) is 4.27. The maximum atomic E-state index is 13.0. The van der Waals surface area contributed by atoms with Crippen LogP contribution in [-0.4, -0.2) is 33.9 Å². The van der Waals surface area contributed by atoms with Crippen LogP contribution in [0.1, 0.15) is 49.9 Å². The zero-order valence-electron chi connectivity index (χ0n) is 20.0. The van der Waals surface area contributed by atoms with Gasteiger partial charge in [-0.1, -0.05) is 37.3 Å². The van der Waals surface area contributed by atoms with Crippen molar-refractivity contribution in [1.29, 1.82) is 0 Å². The largest absolute Gasteiger partial charge is 0.490 e. The van der Waals surface area contributed by atoms with E-state index in [0.29, 0.717) is 48.5 Å². The molecule has 1 aliphatic rings. The summed E-state index contributed by atoms with van der Waals surface area (Å²) in [5.74, 6) is 1.42. The molecule has 3 aromatic rings. The molecule has 0 bridgehead atoms. The van der Waals surface area contributed by atoms with Crippen LogP contribution < -0.4 is 14.8 Å². The molecule has 0 saturated heterocycles. The fourth-order valence-electron chi connectivity index (χ4n) is 3.95. The molecular weight excluding hydrogens is 432 g/mol. The number of carbonyl (C=O) groups excluding carboxylic acids is 1. The van der Waals surface area contributed by atoms with Crippen LogP contribution in [0.3, 0.4) is 0 Å². The number of ether oxygens (including phenoxy) is 3. The lowest BCUT2D eigenvalue weighted by Gasteiger charge is -2.28. The highest BCUT2D eigenvalue weighted by molar-refractivity contribution is 5.92. The SMILES string of the molecule is CCCOC(=O)C1=C(C)Nc2ncnn2C1c1ccc(OCc2ccccc2C)c(OCC)c1. The van der Waals surface area contributed by atoms with Crippen LogP contribution in [0, 0.1) is 6.92 Å². The van der Waals surface area contributed by atoms with E-state index in [2.05, 4.69) is 28.4 Å². The average molecular weight is 463 g/mol. The Balaban J connectivity index is 1.69. The van der Waals surface area contributed by atoms with Crippen molar-refractivity contribution in [3.63, 3.8) is 0 Å². The number of aryl methyl sites for hydroxylation is 1. The number of nitrogens with zero attached hydrogens (tertiary/aromatic N) is 3. The minimum atomic E-state index is -0.507. The van der Waals surface area contributed by atoms with Crippen molar-refractivity contribution in [1.82, 2.24) is 14.8 Å². The average Bonchev–Trinajstić information content (AvgIpc) is 3.30. The third kappa shape index (κ3) is 4.76. The number of esters is 1. The van der Waals surface area contributed by atoms with Crippen molar-refractivity contribution < 1.29 is 19.0 Å². The predicted molar refractivity (Wildman–Crippen MR) is 129 cm³/mol. The van der Waals surface area contributed by atoms with Crippen molar-refractivity contribution in [3.8, 4) is 11.5 Å². The van der Waals surface area contributed by atoms with Crippen molar-refractivity contribution in [2.75, 3.05) is 18.5 Å². The third-order valence-corrected chi connectivity index (χ3v) is 5.68. The number of rotatable bonds is 9. The first kappa shape index (κ1) is 23.4. The van der Waals surface area contributed by atoms with E-state index in [4.69, 9.17) is 14.2 Å². The summed E-state index contributed by atoms with van der Waals surface area (Å²) in [7, 11) is 0. The Kier molecular flexibility index (Phi) is 7.15. The van der Waals surface area contributed by atoms with E-state index in [0.717, 1.165) is 17.5 Å². The van der Waals surface area contributed by atoms with Gasteiger partial charge >= 0.3 is 5.97 Å². The highest BCUT2D eigenvalue weighted by Gasteiger charge is 2.34. The standard InChI is InChI=1S/C26H30N4O4/c1-5-13-33-25(31)23-18(4)29-26-27-16-28-30(26)24(23)19-11-12-21(22(14-19)32-6-2)34-15-20-10-8-7-9-17(20)3/h7-12,14,16,24H,5-6,13,15H2,1-4H3,(H,27,28,29). The first-order valence-electron chi connectivity index (χ1n) is 11.5. The molecule has 0 saturated carbocycles. The number of benzene rings is 2. The van der Waals surface area contributed by atoms with Gasteiger partial charge in [0.1, 0.15) is 19.0 Å². The van der Waals surface area contributed by atoms with Crippen LogP contribution in [0.2, 0.25) is 0 Å². The topological polar surface area (TPSA) is 87.5 Å². The maximum absolute atomic E-state index is 13.0. The molecule has 1 N–H and O–H groups in total. The van der Waals surface area contributed by atoms with Crippen LogP contribution in [-0.2, 0) is 16.1 Å². The van der Waals surface area contributed by atoms with Gasteiger partial charge in [-0.25, -0.2) is 9.48 Å². The molecule has 0 fully saturated rings. The second-order valence-corrected chi connectivity index (χ2v) is 8.08. The molecule has 0 radical (unpaired) electrons. The quantitative estimate of drug-likeness (QED) is 0.457. The van der Waals surface area contributed by atoms with Gasteiger partial charge in [-0.3, -0.25) is 0 Å². The summed E-state index contributed by atoms with van der Waals surface area (Å²) in [6, 6.07) is 13.3. The highest BCUT2D eigenvalue weighted by atomic mass is 16.5. The highest BCUT2D eigenvalue weighted by Crippen LogP contribution is 2.39. The maximum Gasteiger partial charge on any atom is 0.338 e. The number of aromatic nitrogens is 3. The molecule has 1 aliphatic heterocycles. The molecular formula is C26H30N4O4. The van der Waals surface area contributed by atoms with Crippen molar-refractivity contribution >= 4 is 11.9 Å². The first-order valence-corrected chi connectivity index (χ1v) is 11.5. The Bertz CT molecular complexity index is 1200. The summed E-state index contributed by atoms with van der Waals surface area (Å²) in [6.07, 6.45) is 2.21. The smallest absolute Gasteiger partial charge is 0.338 e. The van der Waals surface area contributed by atoms with Gasteiger partial charge in [0.2, 0.25) is 5.95 Å². The van der Waals surface area contributed by atoms with Crippen molar-refractivity contribution in [3.05, 3.63) is 76.8 Å². The lowest BCUT2D eigenvalue weighted by molar-refractivity contribution is -0.139. The molecule has 1 atom stereocenters. The van der Waals surface area contributed by atoms with Gasteiger partial charge in [-0.05, 0) is 56.0 Å². The van der Waals surface area contributed by atoms with Gasteiger partial charge in [-0.15, -0.1) is 0 Å². The van der Waals surface area contributed by atoms with Crippen LogP contribution in [0.4, 0.5) is 5.95 Å². The first-order chi connectivity index (χ1) is 16.5. The number of hydrogen-bond acceptors (Lipinski definition) is 7. The lowest BCUT2D eigenvalue weighted by Crippen LogP contribution is -2.29. The third-order valence-electron chi connectivity index (χ3n) is 5.68. The Labute approximate surface area is 199 Å². The van der Waals surface area contributed by atoms with Gasteiger partial charge < -0.3 is 19.5 Å². The molecule has 8 heteroatoms. The molecule has 0 spiro atoms. The number of anilines is 1. The van der Waals surface area contributed by atoms with Gasteiger partial charge in [0.25, 0.3) is 0 Å². The molecule has 8 nitrogen and oxygen atoms in total. The number of carbonyl (C=O) groups is 1. The fraction of sp³-hybridized carbons (Fsp3) is 0.346. The fourth-order valence-corrected chi connectivity index (χ4v) is 3.95. The molecule has 0 amide bonds. The van der Waals surface area contributed by atoms with E-state index in [1.165, 1.54) is 11.9 Å². The Hall–Kier alpha value is -3.81. The van der Waals surface area contributed by atoms with Crippen LogP contribution >= 0.6 is 0 Å². The molecule has 2 heterocycles. The van der Waals surface area contributed by atoms with E-state index in [1.54, 1.807) is 4.68 Å². The molecule has 34 heavy (non-hydrogen) atoms. The zero-order valence-corrected chi connectivity index (χ0v) is 20.0. The minimum Gasteiger partial charge on any atom is -0.490 e. The molecule has 0 aliphatic carbocycles. The van der Waals surface area contributed by atoms with Crippen molar-refractivity contribution in [2.45, 2.75) is 46.8 Å². The Morgan fingerprint density at radius 1 is 1.09 bits per heavy atom. The Morgan fingerprint density at radius 2 is 1.91 bits per heavy atom. The summed E-state index contributed by atoms with van der Waals surface area (Å²) in [4.78, 5) is 17.3. The summed E-state index contributed by atoms with van der Waals surface area (Å²) < 4.78 is 19.2. The number of fused-ring (bicyclic) bond motifs is 1. The van der Waals surface area contributed by atoms with Crippen LogP contribution in [0.5, 0.6) is 11.5 Å². The summed E-state index contributed by atoms with van der Waals surface area (Å²) >= 11 is 0. The second-order valence-electron chi connectivity index (χ2n) is 8.08. The molecule has 1 aromatic heterocycles. The van der Waals surface area contributed by atoms with Gasteiger partial charge in [0.15, 0.2) is 11.5 Å². The number of allylic oxidation sites excluding steroid dienone is 1.